The van der Waals surface area contributed by atoms with Crippen molar-refractivity contribution in [3.05, 3.63) is 35.4 Å². The Morgan fingerprint density at radius 2 is 1.55 bits per heavy atom. The van der Waals surface area contributed by atoms with Gasteiger partial charge in [0.05, 0.1) is 6.10 Å². The van der Waals surface area contributed by atoms with Crippen LogP contribution < -0.4 is 5.73 Å². The maximum Gasteiger partial charge on any atom is 0.423 e. The number of benzene rings is 1. The third kappa shape index (κ3) is 4.11. The molecule has 1 rings (SSSR count). The van der Waals surface area contributed by atoms with E-state index in [9.17, 15) is 26.3 Å². The molecule has 0 fully saturated rings. The van der Waals surface area contributed by atoms with Gasteiger partial charge in [-0.15, -0.1) is 0 Å². The Bertz CT molecular complexity index is 428. The van der Waals surface area contributed by atoms with Gasteiger partial charge in [0.2, 0.25) is 6.10 Å². The van der Waals surface area contributed by atoms with Crippen molar-refractivity contribution in [2.24, 2.45) is 5.73 Å². The van der Waals surface area contributed by atoms with Crippen LogP contribution in [-0.4, -0.2) is 25.0 Å². The van der Waals surface area contributed by atoms with E-state index >= 15 is 0 Å². The van der Waals surface area contributed by atoms with Gasteiger partial charge in [-0.05, 0) is 18.1 Å². The molecule has 0 aromatic heterocycles. The van der Waals surface area contributed by atoms with Crippen molar-refractivity contribution in [2.45, 2.75) is 31.5 Å². The van der Waals surface area contributed by atoms with E-state index in [1.807, 2.05) is 0 Å². The van der Waals surface area contributed by atoms with Crippen molar-refractivity contribution in [3.63, 3.8) is 0 Å². The smallest absolute Gasteiger partial charge is 0.351 e. The molecular formula is C12H13F6NO. The topological polar surface area (TPSA) is 35.2 Å². The van der Waals surface area contributed by atoms with E-state index in [2.05, 4.69) is 4.74 Å². The van der Waals surface area contributed by atoms with Crippen LogP contribution in [0.15, 0.2) is 24.3 Å². The fourth-order valence-corrected chi connectivity index (χ4v) is 1.71. The van der Waals surface area contributed by atoms with Gasteiger partial charge in [0.15, 0.2) is 0 Å². The second-order valence-corrected chi connectivity index (χ2v) is 4.18. The third-order valence-corrected chi connectivity index (χ3v) is 2.64. The number of hydrogen-bond acceptors (Lipinski definition) is 2. The highest BCUT2D eigenvalue weighted by molar-refractivity contribution is 5.28. The lowest BCUT2D eigenvalue weighted by Crippen LogP contribution is -2.45. The largest absolute Gasteiger partial charge is 0.423 e. The van der Waals surface area contributed by atoms with E-state index < -0.39 is 31.1 Å². The first-order valence-corrected chi connectivity index (χ1v) is 5.62. The minimum atomic E-state index is -5.55. The van der Waals surface area contributed by atoms with Crippen LogP contribution in [0, 0.1) is 6.92 Å². The van der Waals surface area contributed by atoms with Crippen molar-refractivity contribution in [2.75, 3.05) is 6.54 Å². The van der Waals surface area contributed by atoms with Gasteiger partial charge in [-0.1, -0.05) is 24.3 Å². The summed E-state index contributed by atoms with van der Waals surface area (Å²) in [6.45, 7) is 1.06. The highest BCUT2D eigenvalue weighted by Gasteiger charge is 2.58. The molecule has 0 aliphatic rings. The second kappa shape index (κ2) is 6.01. The Morgan fingerprint density at radius 1 is 1.05 bits per heavy atom. The lowest BCUT2D eigenvalue weighted by molar-refractivity contribution is -0.331. The molecule has 0 radical (unpaired) electrons. The summed E-state index contributed by atoms with van der Waals surface area (Å²) < 4.78 is 78.9. The molecule has 1 atom stereocenters. The molecule has 0 bridgehead atoms. The predicted octanol–water partition coefficient (Wildman–Crippen LogP) is 3.50. The highest BCUT2D eigenvalue weighted by Crippen LogP contribution is 2.38. The van der Waals surface area contributed by atoms with Crippen LogP contribution in [0.4, 0.5) is 26.3 Å². The van der Waals surface area contributed by atoms with E-state index in [0.717, 1.165) is 0 Å². The molecule has 114 valence electrons. The van der Waals surface area contributed by atoms with Gasteiger partial charge in [0, 0.05) is 6.54 Å². The number of hydrogen-bond donors (Lipinski definition) is 1. The molecule has 1 aromatic carbocycles. The first kappa shape index (κ1) is 16.8. The number of nitrogens with two attached hydrogens (primary N) is 1. The zero-order valence-electron chi connectivity index (χ0n) is 10.4. The molecule has 2 N–H and O–H groups in total. The molecule has 0 spiro atoms. The number of rotatable bonds is 4. The van der Waals surface area contributed by atoms with Crippen LogP contribution in [0.5, 0.6) is 0 Å². The van der Waals surface area contributed by atoms with Gasteiger partial charge < -0.3 is 10.5 Å². The van der Waals surface area contributed by atoms with Crippen LogP contribution in [0.2, 0.25) is 0 Å². The average Bonchev–Trinajstić information content (AvgIpc) is 2.28. The average molecular weight is 301 g/mol. The lowest BCUT2D eigenvalue weighted by atomic mass is 10.0. The molecule has 0 saturated carbocycles. The molecule has 0 heterocycles. The molecule has 8 heteroatoms. The quantitative estimate of drug-likeness (QED) is 0.864. The number of halogens is 6. The molecule has 0 aliphatic heterocycles. The fraction of sp³-hybridized carbons (Fsp3) is 0.500. The molecule has 0 aliphatic carbocycles. The summed E-state index contributed by atoms with van der Waals surface area (Å²) in [5.74, 6) is 0. The monoisotopic (exact) mass is 301 g/mol. The Balaban J connectivity index is 3.05. The van der Waals surface area contributed by atoms with Crippen LogP contribution in [0.1, 0.15) is 17.2 Å². The summed E-state index contributed by atoms with van der Waals surface area (Å²) in [5.41, 5.74) is 5.96. The van der Waals surface area contributed by atoms with E-state index in [1.165, 1.54) is 12.1 Å². The van der Waals surface area contributed by atoms with Gasteiger partial charge in [0.25, 0.3) is 0 Å². The summed E-state index contributed by atoms with van der Waals surface area (Å²) in [7, 11) is 0. The minimum Gasteiger partial charge on any atom is -0.351 e. The maximum absolute atomic E-state index is 12.4. The second-order valence-electron chi connectivity index (χ2n) is 4.18. The molecule has 1 unspecified atom stereocenters. The minimum absolute atomic E-state index is 0.202. The number of ether oxygens (including phenoxy) is 1. The Hall–Kier alpha value is -1.28. The van der Waals surface area contributed by atoms with Crippen molar-refractivity contribution >= 4 is 0 Å². The van der Waals surface area contributed by atoms with E-state index in [1.54, 1.807) is 19.1 Å². The summed E-state index contributed by atoms with van der Waals surface area (Å²) in [6, 6.07) is 6.04. The molecule has 0 saturated heterocycles. The first-order valence-electron chi connectivity index (χ1n) is 5.62. The summed E-state index contributed by atoms with van der Waals surface area (Å²) >= 11 is 0. The third-order valence-electron chi connectivity index (χ3n) is 2.64. The van der Waals surface area contributed by atoms with E-state index in [-0.39, 0.29) is 5.56 Å². The van der Waals surface area contributed by atoms with Gasteiger partial charge in [-0.3, -0.25) is 0 Å². The van der Waals surface area contributed by atoms with E-state index in [4.69, 9.17) is 5.73 Å². The van der Waals surface area contributed by atoms with Crippen molar-refractivity contribution in [3.8, 4) is 0 Å². The fourth-order valence-electron chi connectivity index (χ4n) is 1.71. The lowest BCUT2D eigenvalue weighted by Gasteiger charge is -2.28. The molecular weight excluding hydrogens is 288 g/mol. The van der Waals surface area contributed by atoms with Crippen molar-refractivity contribution in [1.29, 1.82) is 0 Å². The SMILES string of the molecule is Cc1ccccc1C(CN)OC(C(F)(F)F)C(F)(F)F. The van der Waals surface area contributed by atoms with Crippen LogP contribution in [0.25, 0.3) is 0 Å². The first-order chi connectivity index (χ1) is 9.07. The highest BCUT2D eigenvalue weighted by atomic mass is 19.4. The van der Waals surface area contributed by atoms with Gasteiger partial charge in [0.1, 0.15) is 0 Å². The van der Waals surface area contributed by atoms with Crippen LogP contribution in [-0.2, 0) is 4.74 Å². The van der Waals surface area contributed by atoms with Crippen molar-refractivity contribution < 1.29 is 31.1 Å². The normalized spacial score (nSPS) is 14.7. The summed E-state index contributed by atoms with van der Waals surface area (Å²) in [4.78, 5) is 0. The Labute approximate surface area is 111 Å². The van der Waals surface area contributed by atoms with Gasteiger partial charge in [-0.2, -0.15) is 26.3 Å². The standard InChI is InChI=1S/C12H13F6NO/c1-7-4-2-3-5-8(7)9(6-19)20-10(11(13,14)15)12(16,17)18/h2-5,9-10H,6,19H2,1H3. The maximum atomic E-state index is 12.4. The summed E-state index contributed by atoms with van der Waals surface area (Å²) in [5, 5.41) is 0. The Morgan fingerprint density at radius 3 is 1.95 bits per heavy atom. The van der Waals surface area contributed by atoms with Crippen LogP contribution in [0.3, 0.4) is 0 Å². The Kier molecular flexibility index (Phi) is 5.04. The predicted molar refractivity (Wildman–Crippen MR) is 60.0 cm³/mol. The molecule has 2 nitrogen and oxygen atoms in total. The molecule has 20 heavy (non-hydrogen) atoms. The zero-order valence-corrected chi connectivity index (χ0v) is 10.4. The number of aryl methyl sites for hydroxylation is 1. The molecule has 1 aromatic rings. The molecule has 0 amide bonds. The summed E-state index contributed by atoms with van der Waals surface area (Å²) in [6.07, 6.45) is -16.4. The zero-order chi connectivity index (χ0) is 15.6. The van der Waals surface area contributed by atoms with Crippen LogP contribution >= 0.6 is 0 Å². The van der Waals surface area contributed by atoms with E-state index in [0.29, 0.717) is 5.56 Å². The number of alkyl halides is 6. The van der Waals surface area contributed by atoms with Crippen molar-refractivity contribution in [1.82, 2.24) is 0 Å². The van der Waals surface area contributed by atoms with Gasteiger partial charge in [-0.25, -0.2) is 0 Å². The van der Waals surface area contributed by atoms with Gasteiger partial charge >= 0.3 is 12.4 Å².